The van der Waals surface area contributed by atoms with Gasteiger partial charge in [-0.05, 0) is 56.6 Å². The van der Waals surface area contributed by atoms with Crippen molar-refractivity contribution >= 4 is 18.3 Å². The molecule has 0 aliphatic heterocycles. The molecule has 130 valence electrons. The van der Waals surface area contributed by atoms with Crippen LogP contribution in [0.3, 0.4) is 0 Å². The molecule has 3 nitrogen and oxygen atoms in total. The Labute approximate surface area is 146 Å². The van der Waals surface area contributed by atoms with Gasteiger partial charge in [-0.15, -0.1) is 12.4 Å². The molecule has 1 aromatic rings. The van der Waals surface area contributed by atoms with Crippen molar-refractivity contribution in [3.05, 3.63) is 35.9 Å². The maximum absolute atomic E-state index is 12.0. The van der Waals surface area contributed by atoms with E-state index in [2.05, 4.69) is 35.6 Å². The summed E-state index contributed by atoms with van der Waals surface area (Å²) in [6.45, 7) is 0.761. The molecule has 0 heterocycles. The smallest absolute Gasteiger partial charge is 0.220 e. The number of carbonyl (C=O) groups is 1. The fraction of sp³-hybridized carbons (Fsp3) is 0.632. The highest BCUT2D eigenvalue weighted by Crippen LogP contribution is 2.32. The number of nitrogens with two attached hydrogens (primary N) is 1. The maximum atomic E-state index is 12.0. The van der Waals surface area contributed by atoms with Crippen molar-refractivity contribution in [2.75, 3.05) is 6.54 Å². The predicted molar refractivity (Wildman–Crippen MR) is 99.0 cm³/mol. The number of unbranched alkanes of at least 4 members (excludes halogenated alkanes) is 3. The Bertz CT molecular complexity index is 430. The van der Waals surface area contributed by atoms with Gasteiger partial charge < -0.3 is 11.1 Å². The second-order valence-electron chi connectivity index (χ2n) is 6.48. The molecule has 4 heteroatoms. The monoisotopic (exact) mass is 338 g/mol. The highest BCUT2D eigenvalue weighted by molar-refractivity contribution is 5.85. The minimum absolute atomic E-state index is 0. The number of hydrogen-bond acceptors (Lipinski definition) is 2. The zero-order chi connectivity index (χ0) is 15.6. The van der Waals surface area contributed by atoms with Crippen molar-refractivity contribution in [3.8, 4) is 0 Å². The first-order valence-corrected chi connectivity index (χ1v) is 8.84. The van der Waals surface area contributed by atoms with Crippen LogP contribution in [0.5, 0.6) is 0 Å². The Balaban J connectivity index is 0.00000264. The quantitative estimate of drug-likeness (QED) is 0.699. The van der Waals surface area contributed by atoms with E-state index in [0.717, 1.165) is 45.1 Å². The van der Waals surface area contributed by atoms with Gasteiger partial charge in [-0.2, -0.15) is 0 Å². The number of amides is 1. The van der Waals surface area contributed by atoms with Gasteiger partial charge in [0.1, 0.15) is 0 Å². The SMILES string of the molecule is Cl.NCCCCCCC(=O)NC1CCC(c2ccccc2)CC1. The van der Waals surface area contributed by atoms with Gasteiger partial charge in [0.25, 0.3) is 0 Å². The van der Waals surface area contributed by atoms with E-state index in [0.29, 0.717) is 18.4 Å². The van der Waals surface area contributed by atoms with Crippen molar-refractivity contribution < 1.29 is 4.79 Å². The van der Waals surface area contributed by atoms with Crippen molar-refractivity contribution in [3.63, 3.8) is 0 Å². The fourth-order valence-electron chi connectivity index (χ4n) is 3.38. The molecule has 23 heavy (non-hydrogen) atoms. The van der Waals surface area contributed by atoms with E-state index in [1.54, 1.807) is 0 Å². The van der Waals surface area contributed by atoms with Crippen LogP contribution >= 0.6 is 12.4 Å². The summed E-state index contributed by atoms with van der Waals surface area (Å²) in [4.78, 5) is 12.0. The summed E-state index contributed by atoms with van der Waals surface area (Å²) in [5.41, 5.74) is 6.92. The third-order valence-corrected chi connectivity index (χ3v) is 4.72. The van der Waals surface area contributed by atoms with Crippen molar-refractivity contribution in [1.82, 2.24) is 5.32 Å². The summed E-state index contributed by atoms with van der Waals surface area (Å²) in [6, 6.07) is 11.1. The molecule has 0 radical (unpaired) electrons. The van der Waals surface area contributed by atoms with Gasteiger partial charge >= 0.3 is 0 Å². The van der Waals surface area contributed by atoms with Crippen LogP contribution < -0.4 is 11.1 Å². The number of carbonyl (C=O) groups excluding carboxylic acids is 1. The number of hydrogen-bond donors (Lipinski definition) is 2. The standard InChI is InChI=1S/C19H30N2O.ClH/c20-15-7-2-1-6-10-19(22)21-18-13-11-17(12-14-18)16-8-4-3-5-9-16;/h3-5,8-9,17-18H,1-2,6-7,10-15,20H2,(H,21,22);1H. The van der Waals surface area contributed by atoms with E-state index in [-0.39, 0.29) is 18.3 Å². The van der Waals surface area contributed by atoms with E-state index >= 15 is 0 Å². The highest BCUT2D eigenvalue weighted by atomic mass is 35.5. The van der Waals surface area contributed by atoms with Crippen LogP contribution in [0.2, 0.25) is 0 Å². The van der Waals surface area contributed by atoms with Gasteiger partial charge in [0.2, 0.25) is 5.91 Å². The minimum Gasteiger partial charge on any atom is -0.353 e. The van der Waals surface area contributed by atoms with Crippen molar-refractivity contribution in [1.29, 1.82) is 0 Å². The van der Waals surface area contributed by atoms with Crippen LogP contribution in [-0.2, 0) is 4.79 Å². The van der Waals surface area contributed by atoms with Gasteiger partial charge in [0, 0.05) is 12.5 Å². The van der Waals surface area contributed by atoms with Crippen molar-refractivity contribution in [2.24, 2.45) is 5.73 Å². The molecule has 0 spiro atoms. The molecule has 0 atom stereocenters. The third kappa shape index (κ3) is 7.36. The molecule has 0 bridgehead atoms. The molecular formula is C19H31ClN2O. The normalized spacial score (nSPS) is 20.6. The van der Waals surface area contributed by atoms with Crippen LogP contribution in [0.1, 0.15) is 69.3 Å². The maximum Gasteiger partial charge on any atom is 0.220 e. The zero-order valence-corrected chi connectivity index (χ0v) is 14.8. The highest BCUT2D eigenvalue weighted by Gasteiger charge is 2.23. The molecular weight excluding hydrogens is 308 g/mol. The van der Waals surface area contributed by atoms with Crippen LogP contribution in [0.15, 0.2) is 30.3 Å². The second-order valence-corrected chi connectivity index (χ2v) is 6.48. The molecule has 0 unspecified atom stereocenters. The molecule has 0 saturated heterocycles. The lowest BCUT2D eigenvalue weighted by Gasteiger charge is -2.29. The number of benzene rings is 1. The van der Waals surface area contributed by atoms with E-state index < -0.39 is 0 Å². The molecule has 1 amide bonds. The molecule has 1 aliphatic rings. The third-order valence-electron chi connectivity index (χ3n) is 4.72. The Hall–Kier alpha value is -1.06. The average Bonchev–Trinajstić information content (AvgIpc) is 2.56. The molecule has 1 aliphatic carbocycles. The van der Waals surface area contributed by atoms with Gasteiger partial charge in [-0.3, -0.25) is 4.79 Å². The Morgan fingerprint density at radius 2 is 1.65 bits per heavy atom. The lowest BCUT2D eigenvalue weighted by atomic mass is 9.82. The van der Waals surface area contributed by atoms with Crippen LogP contribution in [0.4, 0.5) is 0 Å². The molecule has 3 N–H and O–H groups in total. The number of rotatable bonds is 8. The lowest BCUT2D eigenvalue weighted by Crippen LogP contribution is -2.37. The van der Waals surface area contributed by atoms with Gasteiger partial charge in [-0.1, -0.05) is 43.2 Å². The number of nitrogens with one attached hydrogen (secondary N) is 1. The summed E-state index contributed by atoms with van der Waals surface area (Å²) < 4.78 is 0. The summed E-state index contributed by atoms with van der Waals surface area (Å²) in [5.74, 6) is 0.904. The topological polar surface area (TPSA) is 55.1 Å². The van der Waals surface area contributed by atoms with Crippen molar-refractivity contribution in [2.45, 2.75) is 69.7 Å². The first-order chi connectivity index (χ1) is 10.8. The van der Waals surface area contributed by atoms with Gasteiger partial charge in [0.15, 0.2) is 0 Å². The van der Waals surface area contributed by atoms with E-state index in [1.807, 2.05) is 0 Å². The second kappa shape index (κ2) is 11.5. The van der Waals surface area contributed by atoms with E-state index in [1.165, 1.54) is 18.4 Å². The Kier molecular flexibility index (Phi) is 9.97. The van der Waals surface area contributed by atoms with E-state index in [9.17, 15) is 4.79 Å². The van der Waals surface area contributed by atoms with Crippen LogP contribution in [0.25, 0.3) is 0 Å². The molecule has 1 fully saturated rings. The summed E-state index contributed by atoms with van der Waals surface area (Å²) in [7, 11) is 0. The molecule has 1 aromatic carbocycles. The summed E-state index contributed by atoms with van der Waals surface area (Å²) >= 11 is 0. The average molecular weight is 339 g/mol. The van der Waals surface area contributed by atoms with Gasteiger partial charge in [-0.25, -0.2) is 0 Å². The largest absolute Gasteiger partial charge is 0.353 e. The first-order valence-electron chi connectivity index (χ1n) is 8.84. The minimum atomic E-state index is 0. The Morgan fingerprint density at radius 1 is 1.00 bits per heavy atom. The Morgan fingerprint density at radius 3 is 2.30 bits per heavy atom. The zero-order valence-electron chi connectivity index (χ0n) is 14.0. The fourth-order valence-corrected chi connectivity index (χ4v) is 3.38. The lowest BCUT2D eigenvalue weighted by molar-refractivity contribution is -0.122. The predicted octanol–water partition coefficient (Wildman–Crippen LogP) is 4.16. The number of halogens is 1. The van der Waals surface area contributed by atoms with Crippen LogP contribution in [-0.4, -0.2) is 18.5 Å². The van der Waals surface area contributed by atoms with Gasteiger partial charge in [0.05, 0.1) is 0 Å². The van der Waals surface area contributed by atoms with Crippen LogP contribution in [0, 0.1) is 0 Å². The summed E-state index contributed by atoms with van der Waals surface area (Å²) in [5, 5.41) is 3.22. The first kappa shape index (κ1) is 20.0. The molecule has 0 aromatic heterocycles. The molecule has 1 saturated carbocycles. The summed E-state index contributed by atoms with van der Waals surface area (Å²) in [6.07, 6.45) is 9.59. The van der Waals surface area contributed by atoms with E-state index in [4.69, 9.17) is 5.73 Å². The molecule has 2 rings (SSSR count).